The van der Waals surface area contributed by atoms with Gasteiger partial charge in [0.2, 0.25) is 6.43 Å². The third kappa shape index (κ3) is 31.9. The van der Waals surface area contributed by atoms with Crippen LogP contribution in [0.1, 0.15) is 32.6 Å². The lowest BCUT2D eigenvalue weighted by Crippen LogP contribution is -2.43. The molecule has 30 heteroatoms. The first-order valence-electron chi connectivity index (χ1n) is 11.5. The lowest BCUT2D eigenvalue weighted by molar-refractivity contribution is -0.255. The second-order valence-corrected chi connectivity index (χ2v) is 8.47. The molecule has 0 heterocycles. The van der Waals surface area contributed by atoms with Crippen LogP contribution in [0.2, 0.25) is 0 Å². The summed E-state index contributed by atoms with van der Waals surface area (Å²) < 4.78 is 337. The van der Waals surface area contributed by atoms with Crippen LogP contribution in [-0.2, 0) is 0 Å². The van der Waals surface area contributed by atoms with E-state index < -0.39 is 119 Å². The van der Waals surface area contributed by atoms with Crippen LogP contribution in [-0.4, -0.2) is 93.4 Å². The number of hydrogen-bond acceptors (Lipinski definition) is 0. The van der Waals surface area contributed by atoms with Crippen molar-refractivity contribution < 1.29 is 132 Å². The van der Waals surface area contributed by atoms with Gasteiger partial charge in [-0.2, -0.15) is 65.9 Å². The van der Waals surface area contributed by atoms with Crippen LogP contribution >= 0.6 is 0 Å². The Labute approximate surface area is 259 Å². The van der Waals surface area contributed by atoms with E-state index in [4.69, 9.17) is 0 Å². The van der Waals surface area contributed by atoms with Crippen LogP contribution in [0, 0.1) is 0 Å². The van der Waals surface area contributed by atoms with Crippen LogP contribution < -0.4 is 0 Å². The van der Waals surface area contributed by atoms with Gasteiger partial charge >= 0.3 is 61.5 Å². The van der Waals surface area contributed by atoms with Crippen LogP contribution in [0.3, 0.4) is 0 Å². The molecule has 310 valence electrons. The summed E-state index contributed by atoms with van der Waals surface area (Å²) in [5.74, 6) is -19.3. The van der Waals surface area contributed by atoms with Crippen molar-refractivity contribution in [2.24, 2.45) is 0 Å². The predicted molar refractivity (Wildman–Crippen MR) is 108 cm³/mol. The summed E-state index contributed by atoms with van der Waals surface area (Å²) >= 11 is 0. The number of rotatable bonds is 11. The van der Waals surface area contributed by atoms with Crippen LogP contribution in [0.5, 0.6) is 0 Å². The summed E-state index contributed by atoms with van der Waals surface area (Å²) in [6.45, 7) is -2.35. The van der Waals surface area contributed by atoms with Crippen molar-refractivity contribution in [1.82, 2.24) is 0 Å². The molecule has 0 aromatic rings. The van der Waals surface area contributed by atoms with E-state index in [0.29, 0.717) is 0 Å². The second kappa shape index (κ2) is 22.8. The van der Waals surface area contributed by atoms with Gasteiger partial charge in [0.25, 0.3) is 6.43 Å². The molecule has 0 spiro atoms. The summed E-state index contributed by atoms with van der Waals surface area (Å²) in [6.07, 6.45) is -48.0. The molecule has 0 aliphatic rings. The maximum Gasteiger partial charge on any atom is 0.392 e. The molecule has 0 N–H and O–H groups in total. The van der Waals surface area contributed by atoms with Gasteiger partial charge in [-0.1, -0.05) is 0 Å². The van der Waals surface area contributed by atoms with E-state index in [1.807, 2.05) is 0 Å². The summed E-state index contributed by atoms with van der Waals surface area (Å²) in [4.78, 5) is 0. The van der Waals surface area contributed by atoms with E-state index in [0.717, 1.165) is 0 Å². The Balaban J connectivity index is -0.000000169. The van der Waals surface area contributed by atoms with Gasteiger partial charge in [-0.25, -0.2) is 65.9 Å². The minimum absolute atomic E-state index is 0.251. The first kappa shape index (κ1) is 57.2. The highest BCUT2D eigenvalue weighted by Gasteiger charge is 2.59. The lowest BCUT2D eigenvalue weighted by Gasteiger charge is -2.21. The van der Waals surface area contributed by atoms with Gasteiger partial charge < -0.3 is 0 Å². The third-order valence-corrected chi connectivity index (χ3v) is 3.84. The molecule has 0 rings (SSSR count). The molecule has 50 heavy (non-hydrogen) atoms. The minimum Gasteiger partial charge on any atom is -0.248 e. The molecule has 0 nitrogen and oxygen atoms in total. The summed E-state index contributed by atoms with van der Waals surface area (Å²) in [5, 5.41) is 0. The molecule has 0 bridgehead atoms. The molecule has 0 amide bonds. The third-order valence-electron chi connectivity index (χ3n) is 3.84. The van der Waals surface area contributed by atoms with Crippen molar-refractivity contribution in [3.8, 4) is 0 Å². The molecule has 0 radical (unpaired) electrons. The van der Waals surface area contributed by atoms with Crippen molar-refractivity contribution in [3.63, 3.8) is 0 Å². The van der Waals surface area contributed by atoms with E-state index in [-0.39, 0.29) is 6.92 Å². The normalized spacial score (nSPS) is 14.6. The highest BCUT2D eigenvalue weighted by atomic mass is 19.4. The first-order chi connectivity index (χ1) is 21.5. The lowest BCUT2D eigenvalue weighted by atomic mass is 10.2. The Bertz CT molecular complexity index is 799. The van der Waals surface area contributed by atoms with Crippen LogP contribution in [0.4, 0.5) is 132 Å². The molecule has 0 saturated carbocycles. The minimum atomic E-state index is -5.23. The van der Waals surface area contributed by atoms with E-state index >= 15 is 0 Å². The van der Waals surface area contributed by atoms with Crippen molar-refractivity contribution in [1.29, 1.82) is 0 Å². The molecule has 2 unspecified atom stereocenters. The van der Waals surface area contributed by atoms with Crippen molar-refractivity contribution in [2.45, 2.75) is 119 Å². The highest BCUT2D eigenvalue weighted by Crippen LogP contribution is 2.38. The molecule has 0 fully saturated rings. The van der Waals surface area contributed by atoms with Gasteiger partial charge in [0.05, 0.1) is 25.7 Å². The van der Waals surface area contributed by atoms with E-state index in [1.54, 1.807) is 0 Å². The average molecular weight is 830 g/mol. The number of hydrogen-bond donors (Lipinski definition) is 0. The molecule has 0 saturated heterocycles. The van der Waals surface area contributed by atoms with Crippen LogP contribution in [0.25, 0.3) is 0 Å². The van der Waals surface area contributed by atoms with Gasteiger partial charge in [-0.3, -0.25) is 0 Å². The van der Waals surface area contributed by atoms with Gasteiger partial charge in [0.1, 0.15) is 6.67 Å². The Hall–Kier alpha value is -2.10. The second-order valence-electron chi connectivity index (χ2n) is 8.47. The fraction of sp³-hybridized carbons (Fsp3) is 1.00. The summed E-state index contributed by atoms with van der Waals surface area (Å²) in [6, 6.07) is 0. The van der Waals surface area contributed by atoms with E-state index in [1.165, 1.54) is 0 Å². The van der Waals surface area contributed by atoms with Gasteiger partial charge in [-0.15, -0.1) is 0 Å². The topological polar surface area (TPSA) is 0 Å². The largest absolute Gasteiger partial charge is 0.392 e. The van der Waals surface area contributed by atoms with Gasteiger partial charge in [-0.05, 0) is 0 Å². The standard InChI is InChI=1S/5C4H4F6/c1-3(7,8)4(9,10)2(5)6;5-1-2(6)4(9,10)3(7)8;5-2(6)1-4(9,10)3(7)8;5-2(3(6)7)1-4(8,9)10;5-3(6,7)1-2-4(8,9)10/h2H,1H3;3*2-3H,1H2;1-2H2. The Morgan fingerprint density at radius 3 is 0.860 bits per heavy atom. The fourth-order valence-corrected chi connectivity index (χ4v) is 1.32. The quantitative estimate of drug-likeness (QED) is 0.182. The zero-order chi connectivity index (χ0) is 42.1. The number of halogens is 30. The molecule has 0 aliphatic carbocycles. The molecular weight excluding hydrogens is 810 g/mol. The first-order valence-corrected chi connectivity index (χ1v) is 11.5. The monoisotopic (exact) mass is 830 g/mol. The van der Waals surface area contributed by atoms with Crippen molar-refractivity contribution >= 4 is 0 Å². The Morgan fingerprint density at radius 1 is 0.440 bits per heavy atom. The zero-order valence-corrected chi connectivity index (χ0v) is 23.4. The predicted octanol–water partition coefficient (Wildman–Crippen LogP) is 12.7. The maximum absolute atomic E-state index is 11.6. The SMILES string of the molecule is CC(F)(F)C(F)(F)C(F)F.FC(F)(F)CCC(F)(F)F.FC(F)C(F)CC(F)(F)F.FC(F)CC(F)(F)C(F)F.FCC(F)C(F)(F)C(F)F. The Kier molecular flexibility index (Phi) is 26.1. The molecule has 0 aliphatic heterocycles. The molecule has 2 atom stereocenters. The van der Waals surface area contributed by atoms with E-state index in [2.05, 4.69) is 0 Å². The molecule has 0 aromatic heterocycles. The van der Waals surface area contributed by atoms with Gasteiger partial charge in [0.15, 0.2) is 12.3 Å². The maximum atomic E-state index is 11.6. The zero-order valence-electron chi connectivity index (χ0n) is 23.4. The van der Waals surface area contributed by atoms with Crippen LogP contribution in [0.15, 0.2) is 0 Å². The molecular formula is C20H20F30. The average Bonchev–Trinajstić information content (AvgIpc) is 2.85. The van der Waals surface area contributed by atoms with Gasteiger partial charge in [0, 0.05) is 6.92 Å². The summed E-state index contributed by atoms with van der Waals surface area (Å²) in [5.41, 5.74) is 0. The highest BCUT2D eigenvalue weighted by molar-refractivity contribution is 4.82. The van der Waals surface area contributed by atoms with E-state index in [9.17, 15) is 132 Å². The molecule has 0 aromatic carbocycles. The van der Waals surface area contributed by atoms with Crippen molar-refractivity contribution in [2.75, 3.05) is 6.67 Å². The Morgan fingerprint density at radius 2 is 0.780 bits per heavy atom. The van der Waals surface area contributed by atoms with Crippen molar-refractivity contribution in [3.05, 3.63) is 0 Å². The fourth-order valence-electron chi connectivity index (χ4n) is 1.32. The smallest absolute Gasteiger partial charge is 0.248 e. The number of alkyl halides is 30. The summed E-state index contributed by atoms with van der Waals surface area (Å²) in [7, 11) is 0.